The molecule has 1 unspecified atom stereocenters. The number of hydrogen-bond donors (Lipinski definition) is 1. The third kappa shape index (κ3) is 4.58. The van der Waals surface area contributed by atoms with Crippen molar-refractivity contribution in [1.82, 2.24) is 10.3 Å². The molecule has 0 aliphatic carbocycles. The maximum Gasteiger partial charge on any atom is 0.212 e. The van der Waals surface area contributed by atoms with Gasteiger partial charge in [0.25, 0.3) is 0 Å². The maximum absolute atomic E-state index is 5.09. The number of pyridine rings is 1. The number of ether oxygens (including phenoxy) is 1. The molecule has 0 spiro atoms. The minimum absolute atomic E-state index is 0.431. The summed E-state index contributed by atoms with van der Waals surface area (Å²) in [6, 6.07) is 8.73. The summed E-state index contributed by atoms with van der Waals surface area (Å²) in [6.45, 7) is 3.12. The quantitative estimate of drug-likeness (QED) is 0.823. The maximum atomic E-state index is 5.09. The van der Waals surface area contributed by atoms with Gasteiger partial charge in [-0.05, 0) is 53.0 Å². The Morgan fingerprint density at radius 2 is 2.15 bits per heavy atom. The third-order valence-electron chi connectivity index (χ3n) is 3.06. The minimum atomic E-state index is 0.431. The lowest BCUT2D eigenvalue weighted by Gasteiger charge is -2.17. The smallest absolute Gasteiger partial charge is 0.212 e. The Hall–Kier alpha value is -0.910. The standard InChI is InChI=1S/C15H19BrN2OS/c1-3-17-12(9-13-5-6-14(16)20-13)8-11-4-7-15(19-2)18-10-11/h4-7,10,12,17H,3,8-9H2,1-2H3. The Labute approximate surface area is 132 Å². The van der Waals surface area contributed by atoms with Gasteiger partial charge >= 0.3 is 0 Å². The number of nitrogens with one attached hydrogen (secondary N) is 1. The molecule has 20 heavy (non-hydrogen) atoms. The molecule has 0 saturated heterocycles. The van der Waals surface area contributed by atoms with E-state index in [0.29, 0.717) is 11.9 Å². The predicted octanol–water partition coefficient (Wildman–Crippen LogP) is 3.68. The van der Waals surface area contributed by atoms with Crippen LogP contribution in [0.4, 0.5) is 0 Å². The molecule has 0 aromatic carbocycles. The lowest BCUT2D eigenvalue weighted by Crippen LogP contribution is -2.32. The van der Waals surface area contributed by atoms with Gasteiger partial charge in [-0.15, -0.1) is 11.3 Å². The van der Waals surface area contributed by atoms with Crippen molar-refractivity contribution in [2.75, 3.05) is 13.7 Å². The Kier molecular flexibility index (Phi) is 6.01. The second-order valence-corrected chi connectivity index (χ2v) is 7.13. The van der Waals surface area contributed by atoms with Gasteiger partial charge in [0.05, 0.1) is 10.9 Å². The van der Waals surface area contributed by atoms with Crippen molar-refractivity contribution in [3.63, 3.8) is 0 Å². The molecule has 0 aliphatic rings. The first-order valence-electron chi connectivity index (χ1n) is 6.67. The molecule has 1 N–H and O–H groups in total. The first kappa shape index (κ1) is 15.5. The highest BCUT2D eigenvalue weighted by Gasteiger charge is 2.11. The molecular weight excluding hydrogens is 336 g/mol. The molecule has 2 aromatic heterocycles. The molecule has 0 fully saturated rings. The van der Waals surface area contributed by atoms with E-state index in [1.807, 2.05) is 12.3 Å². The monoisotopic (exact) mass is 354 g/mol. The number of nitrogens with zero attached hydrogens (tertiary/aromatic N) is 1. The SMILES string of the molecule is CCNC(Cc1ccc(OC)nc1)Cc1ccc(Br)s1. The van der Waals surface area contributed by atoms with Crippen LogP contribution >= 0.6 is 27.3 Å². The lowest BCUT2D eigenvalue weighted by atomic mass is 10.0. The van der Waals surface area contributed by atoms with Crippen molar-refractivity contribution in [3.8, 4) is 5.88 Å². The Balaban J connectivity index is 2.00. The molecule has 2 heterocycles. The van der Waals surface area contributed by atoms with Crippen LogP contribution < -0.4 is 10.1 Å². The summed E-state index contributed by atoms with van der Waals surface area (Å²) in [7, 11) is 1.64. The fourth-order valence-corrected chi connectivity index (χ4v) is 3.71. The highest BCUT2D eigenvalue weighted by atomic mass is 79.9. The van der Waals surface area contributed by atoms with Gasteiger partial charge in [0, 0.05) is 23.2 Å². The molecule has 5 heteroatoms. The third-order valence-corrected chi connectivity index (χ3v) is 4.70. The number of methoxy groups -OCH3 is 1. The van der Waals surface area contributed by atoms with Gasteiger partial charge in [0.1, 0.15) is 0 Å². The predicted molar refractivity (Wildman–Crippen MR) is 87.7 cm³/mol. The summed E-state index contributed by atoms with van der Waals surface area (Å²) < 4.78 is 6.28. The molecule has 0 amide bonds. The fourth-order valence-electron chi connectivity index (χ4n) is 2.15. The summed E-state index contributed by atoms with van der Waals surface area (Å²) in [5, 5.41) is 3.55. The van der Waals surface area contributed by atoms with Crippen molar-refractivity contribution >= 4 is 27.3 Å². The van der Waals surface area contributed by atoms with Crippen LogP contribution in [0.3, 0.4) is 0 Å². The second kappa shape index (κ2) is 7.76. The number of hydrogen-bond acceptors (Lipinski definition) is 4. The molecule has 0 radical (unpaired) electrons. The summed E-state index contributed by atoms with van der Waals surface area (Å²) in [4.78, 5) is 5.66. The highest BCUT2D eigenvalue weighted by Crippen LogP contribution is 2.23. The van der Waals surface area contributed by atoms with E-state index < -0.39 is 0 Å². The van der Waals surface area contributed by atoms with Gasteiger partial charge in [-0.3, -0.25) is 0 Å². The van der Waals surface area contributed by atoms with E-state index in [1.54, 1.807) is 18.4 Å². The average molecular weight is 355 g/mol. The summed E-state index contributed by atoms with van der Waals surface area (Å²) in [5.41, 5.74) is 1.23. The van der Waals surface area contributed by atoms with Crippen LogP contribution in [-0.4, -0.2) is 24.7 Å². The van der Waals surface area contributed by atoms with E-state index >= 15 is 0 Å². The van der Waals surface area contributed by atoms with E-state index in [2.05, 4.69) is 51.4 Å². The lowest BCUT2D eigenvalue weighted by molar-refractivity contribution is 0.397. The highest BCUT2D eigenvalue weighted by molar-refractivity contribution is 9.11. The van der Waals surface area contributed by atoms with Crippen molar-refractivity contribution in [1.29, 1.82) is 0 Å². The van der Waals surface area contributed by atoms with Crippen LogP contribution in [-0.2, 0) is 12.8 Å². The first-order chi connectivity index (χ1) is 9.71. The van der Waals surface area contributed by atoms with Crippen LogP contribution in [0.2, 0.25) is 0 Å². The Morgan fingerprint density at radius 1 is 1.30 bits per heavy atom. The zero-order valence-corrected chi connectivity index (χ0v) is 14.1. The largest absolute Gasteiger partial charge is 0.481 e. The number of thiophene rings is 1. The van der Waals surface area contributed by atoms with Gasteiger partial charge in [-0.1, -0.05) is 13.0 Å². The topological polar surface area (TPSA) is 34.1 Å². The van der Waals surface area contributed by atoms with E-state index in [9.17, 15) is 0 Å². The van der Waals surface area contributed by atoms with Crippen molar-refractivity contribution in [2.45, 2.75) is 25.8 Å². The number of aromatic nitrogens is 1. The first-order valence-corrected chi connectivity index (χ1v) is 8.28. The molecule has 0 saturated carbocycles. The number of likely N-dealkylation sites (N-methyl/N-ethyl adjacent to an activating group) is 1. The second-order valence-electron chi connectivity index (χ2n) is 4.58. The molecule has 3 nitrogen and oxygen atoms in total. The molecule has 2 rings (SSSR count). The van der Waals surface area contributed by atoms with Crippen LogP contribution in [0.25, 0.3) is 0 Å². The molecule has 0 aliphatic heterocycles. The molecule has 108 valence electrons. The van der Waals surface area contributed by atoms with Crippen LogP contribution in [0.15, 0.2) is 34.2 Å². The van der Waals surface area contributed by atoms with Gasteiger partial charge in [-0.25, -0.2) is 4.98 Å². The van der Waals surface area contributed by atoms with Gasteiger partial charge in [-0.2, -0.15) is 0 Å². The summed E-state index contributed by atoms with van der Waals surface area (Å²) in [5.74, 6) is 0.663. The van der Waals surface area contributed by atoms with E-state index in [-0.39, 0.29) is 0 Å². The minimum Gasteiger partial charge on any atom is -0.481 e. The fraction of sp³-hybridized carbons (Fsp3) is 0.400. The average Bonchev–Trinajstić information content (AvgIpc) is 2.85. The zero-order chi connectivity index (χ0) is 14.4. The zero-order valence-electron chi connectivity index (χ0n) is 11.7. The number of halogens is 1. The normalized spacial score (nSPS) is 12.3. The van der Waals surface area contributed by atoms with E-state index in [0.717, 1.165) is 19.4 Å². The summed E-state index contributed by atoms with van der Waals surface area (Å²) in [6.07, 6.45) is 3.91. The van der Waals surface area contributed by atoms with Crippen molar-refractivity contribution in [3.05, 3.63) is 44.7 Å². The molecule has 2 aromatic rings. The van der Waals surface area contributed by atoms with Crippen LogP contribution in [0.1, 0.15) is 17.4 Å². The van der Waals surface area contributed by atoms with Crippen LogP contribution in [0.5, 0.6) is 5.88 Å². The number of rotatable bonds is 7. The molecule has 0 bridgehead atoms. The molecule has 1 atom stereocenters. The van der Waals surface area contributed by atoms with E-state index in [4.69, 9.17) is 4.74 Å². The Morgan fingerprint density at radius 3 is 2.70 bits per heavy atom. The van der Waals surface area contributed by atoms with Crippen molar-refractivity contribution in [2.24, 2.45) is 0 Å². The van der Waals surface area contributed by atoms with Gasteiger partial charge in [0.15, 0.2) is 0 Å². The van der Waals surface area contributed by atoms with Gasteiger partial charge < -0.3 is 10.1 Å². The van der Waals surface area contributed by atoms with E-state index in [1.165, 1.54) is 14.2 Å². The summed E-state index contributed by atoms with van der Waals surface area (Å²) >= 11 is 5.32. The van der Waals surface area contributed by atoms with Gasteiger partial charge in [0.2, 0.25) is 5.88 Å². The Bertz CT molecular complexity index is 527. The van der Waals surface area contributed by atoms with Crippen molar-refractivity contribution < 1.29 is 4.74 Å². The molecular formula is C15H19BrN2OS. The van der Waals surface area contributed by atoms with Crippen LogP contribution in [0, 0.1) is 0 Å².